The van der Waals surface area contributed by atoms with Gasteiger partial charge in [-0.1, -0.05) is 60.7 Å². The van der Waals surface area contributed by atoms with Crippen molar-refractivity contribution in [3.63, 3.8) is 0 Å². The van der Waals surface area contributed by atoms with Gasteiger partial charge in [-0.3, -0.25) is 14.5 Å². The highest BCUT2D eigenvalue weighted by atomic mass is 16.2. The molecule has 0 unspecified atom stereocenters. The molecular weight excluding hydrogens is 362 g/mol. The molecule has 0 aromatic heterocycles. The zero-order valence-corrected chi connectivity index (χ0v) is 16.7. The third-order valence-corrected chi connectivity index (χ3v) is 5.67. The van der Waals surface area contributed by atoms with Crippen molar-refractivity contribution in [2.45, 2.75) is 12.8 Å². The van der Waals surface area contributed by atoms with Crippen LogP contribution < -0.4 is 4.90 Å². The number of benzene rings is 2. The maximum Gasteiger partial charge on any atom is 0.316 e. The van der Waals surface area contributed by atoms with Crippen LogP contribution in [0.4, 0.5) is 5.69 Å². The molecule has 0 aliphatic carbocycles. The number of nitrogens with zero attached hydrogens (tertiary/aromatic N) is 3. The Labute approximate surface area is 172 Å². The maximum atomic E-state index is 12.9. The van der Waals surface area contributed by atoms with Crippen molar-refractivity contribution in [3.8, 4) is 0 Å². The van der Waals surface area contributed by atoms with Gasteiger partial charge in [0.2, 0.25) is 0 Å². The average molecular weight is 389 g/mol. The number of aryl methyl sites for hydroxylation is 1. The number of amides is 2. The first kappa shape index (κ1) is 19.4. The number of carbonyl (C=O) groups excluding carboxylic acids is 2. The van der Waals surface area contributed by atoms with Gasteiger partial charge >= 0.3 is 11.8 Å². The molecule has 2 aromatic carbocycles. The number of hydrogen-bond acceptors (Lipinski definition) is 3. The van der Waals surface area contributed by atoms with Gasteiger partial charge in [0.05, 0.1) is 0 Å². The number of para-hydroxylation sites is 1. The standard InChI is InChI=1S/C24H27N3O2/c28-23(24(29)27-15-7-12-21-11-4-5-13-22(21)27)26-18-16-25(17-19-26)14-6-10-20-8-2-1-3-9-20/h1-6,8-11,13H,7,12,14-19H2/b10-6+. The van der Waals surface area contributed by atoms with Gasteiger partial charge in [-0.2, -0.15) is 0 Å². The summed E-state index contributed by atoms with van der Waals surface area (Å²) in [5, 5.41) is 0. The quantitative estimate of drug-likeness (QED) is 0.759. The highest BCUT2D eigenvalue weighted by Gasteiger charge is 2.32. The van der Waals surface area contributed by atoms with Crippen LogP contribution in [0.2, 0.25) is 0 Å². The van der Waals surface area contributed by atoms with Gasteiger partial charge in [-0.15, -0.1) is 0 Å². The van der Waals surface area contributed by atoms with E-state index in [0.717, 1.165) is 43.7 Å². The fourth-order valence-corrected chi connectivity index (χ4v) is 4.03. The van der Waals surface area contributed by atoms with Crippen molar-refractivity contribution in [2.24, 2.45) is 0 Å². The molecule has 0 bridgehead atoms. The van der Waals surface area contributed by atoms with E-state index in [9.17, 15) is 9.59 Å². The molecule has 0 spiro atoms. The first-order chi connectivity index (χ1) is 14.2. The first-order valence-corrected chi connectivity index (χ1v) is 10.3. The summed E-state index contributed by atoms with van der Waals surface area (Å²) in [6, 6.07) is 18.1. The van der Waals surface area contributed by atoms with Crippen LogP contribution in [0.1, 0.15) is 17.5 Å². The molecule has 5 heteroatoms. The normalized spacial score (nSPS) is 17.4. The zero-order chi connectivity index (χ0) is 20.1. The number of hydrogen-bond donors (Lipinski definition) is 0. The monoisotopic (exact) mass is 389 g/mol. The lowest BCUT2D eigenvalue weighted by atomic mass is 10.0. The van der Waals surface area contributed by atoms with Gasteiger partial charge in [0.1, 0.15) is 0 Å². The van der Waals surface area contributed by atoms with Crippen LogP contribution in [-0.4, -0.2) is 60.9 Å². The van der Waals surface area contributed by atoms with E-state index in [0.29, 0.717) is 19.6 Å². The second-order valence-electron chi connectivity index (χ2n) is 7.59. The zero-order valence-electron chi connectivity index (χ0n) is 16.7. The molecule has 2 heterocycles. The molecule has 1 saturated heterocycles. The molecule has 2 aromatic rings. The number of carbonyl (C=O) groups is 2. The maximum absolute atomic E-state index is 12.9. The van der Waals surface area contributed by atoms with Crippen molar-refractivity contribution in [2.75, 3.05) is 44.2 Å². The van der Waals surface area contributed by atoms with Crippen LogP contribution in [-0.2, 0) is 16.0 Å². The minimum absolute atomic E-state index is 0.374. The fraction of sp³-hybridized carbons (Fsp3) is 0.333. The summed E-state index contributed by atoms with van der Waals surface area (Å²) in [5.74, 6) is -0.768. The molecule has 0 atom stereocenters. The van der Waals surface area contributed by atoms with Crippen LogP contribution in [0.15, 0.2) is 60.7 Å². The van der Waals surface area contributed by atoms with Gasteiger partial charge in [-0.25, -0.2) is 0 Å². The number of fused-ring (bicyclic) bond motifs is 1. The van der Waals surface area contributed by atoms with Crippen LogP contribution in [0.25, 0.3) is 6.08 Å². The van der Waals surface area contributed by atoms with Crippen molar-refractivity contribution in [3.05, 3.63) is 71.8 Å². The predicted molar refractivity (Wildman–Crippen MR) is 116 cm³/mol. The Kier molecular flexibility index (Phi) is 6.06. The summed E-state index contributed by atoms with van der Waals surface area (Å²) in [6.07, 6.45) is 6.14. The molecule has 2 aliphatic rings. The summed E-state index contributed by atoms with van der Waals surface area (Å²) in [5.41, 5.74) is 3.23. The Hall–Kier alpha value is -2.92. The molecule has 4 rings (SSSR count). The second kappa shape index (κ2) is 9.05. The fourth-order valence-electron chi connectivity index (χ4n) is 4.03. The molecule has 2 aliphatic heterocycles. The lowest BCUT2D eigenvalue weighted by molar-refractivity contribution is -0.145. The molecular formula is C24H27N3O2. The van der Waals surface area contributed by atoms with E-state index in [-0.39, 0.29) is 5.91 Å². The minimum Gasteiger partial charge on any atom is -0.332 e. The van der Waals surface area contributed by atoms with Crippen molar-refractivity contribution in [1.29, 1.82) is 0 Å². The SMILES string of the molecule is O=C(C(=O)N1CCCc2ccccc21)N1CCN(C/C=C/c2ccccc2)CC1. The van der Waals surface area contributed by atoms with E-state index < -0.39 is 5.91 Å². The van der Waals surface area contributed by atoms with Crippen LogP contribution in [0, 0.1) is 0 Å². The van der Waals surface area contributed by atoms with E-state index in [1.54, 1.807) is 9.80 Å². The first-order valence-electron chi connectivity index (χ1n) is 10.3. The molecule has 1 fully saturated rings. The summed E-state index contributed by atoms with van der Waals surface area (Å²) in [4.78, 5) is 31.4. The van der Waals surface area contributed by atoms with Gasteiger partial charge in [0.15, 0.2) is 0 Å². The lowest BCUT2D eigenvalue weighted by Gasteiger charge is -2.35. The number of anilines is 1. The van der Waals surface area contributed by atoms with Crippen LogP contribution >= 0.6 is 0 Å². The van der Waals surface area contributed by atoms with Gasteiger partial charge in [0, 0.05) is 45.0 Å². The Morgan fingerprint density at radius 3 is 2.34 bits per heavy atom. The van der Waals surface area contributed by atoms with E-state index in [1.165, 1.54) is 5.56 Å². The number of rotatable bonds is 3. The van der Waals surface area contributed by atoms with E-state index >= 15 is 0 Å². The molecule has 150 valence electrons. The Bertz CT molecular complexity index is 886. The summed E-state index contributed by atoms with van der Waals surface area (Å²) in [6.45, 7) is 4.23. The Balaban J connectivity index is 1.30. The molecule has 5 nitrogen and oxygen atoms in total. The average Bonchev–Trinajstić information content (AvgIpc) is 2.79. The highest BCUT2D eigenvalue weighted by molar-refractivity contribution is 6.40. The lowest BCUT2D eigenvalue weighted by Crippen LogP contribution is -2.53. The largest absolute Gasteiger partial charge is 0.332 e. The summed E-state index contributed by atoms with van der Waals surface area (Å²) >= 11 is 0. The summed E-state index contributed by atoms with van der Waals surface area (Å²) < 4.78 is 0. The number of piperazine rings is 1. The van der Waals surface area contributed by atoms with E-state index in [1.807, 2.05) is 42.5 Å². The molecule has 0 radical (unpaired) electrons. The third kappa shape index (κ3) is 4.57. The topological polar surface area (TPSA) is 43.9 Å². The molecule has 0 saturated carbocycles. The Morgan fingerprint density at radius 2 is 1.55 bits per heavy atom. The third-order valence-electron chi connectivity index (χ3n) is 5.67. The van der Waals surface area contributed by atoms with Crippen LogP contribution in [0.5, 0.6) is 0 Å². The van der Waals surface area contributed by atoms with Crippen molar-refractivity contribution < 1.29 is 9.59 Å². The second-order valence-corrected chi connectivity index (χ2v) is 7.59. The predicted octanol–water partition coefficient (Wildman–Crippen LogP) is 2.82. The van der Waals surface area contributed by atoms with E-state index in [4.69, 9.17) is 0 Å². The Morgan fingerprint density at radius 1 is 0.828 bits per heavy atom. The summed E-state index contributed by atoms with van der Waals surface area (Å²) in [7, 11) is 0. The molecule has 0 N–H and O–H groups in total. The van der Waals surface area contributed by atoms with E-state index in [2.05, 4.69) is 29.2 Å². The minimum atomic E-state index is -0.394. The van der Waals surface area contributed by atoms with Crippen LogP contribution in [0.3, 0.4) is 0 Å². The van der Waals surface area contributed by atoms with Crippen molar-refractivity contribution in [1.82, 2.24) is 9.80 Å². The molecule has 2 amide bonds. The van der Waals surface area contributed by atoms with Gasteiger partial charge in [-0.05, 0) is 30.0 Å². The molecule has 29 heavy (non-hydrogen) atoms. The van der Waals surface area contributed by atoms with Gasteiger partial charge in [0.25, 0.3) is 0 Å². The van der Waals surface area contributed by atoms with Crippen molar-refractivity contribution >= 4 is 23.6 Å². The smallest absolute Gasteiger partial charge is 0.316 e. The van der Waals surface area contributed by atoms with Gasteiger partial charge < -0.3 is 9.80 Å². The highest BCUT2D eigenvalue weighted by Crippen LogP contribution is 2.27.